The minimum Gasteiger partial charge on any atom is -0.456 e. The van der Waals surface area contributed by atoms with Crippen molar-refractivity contribution in [2.45, 2.75) is 12.8 Å². The van der Waals surface area contributed by atoms with Crippen LogP contribution in [0, 0.1) is 0 Å². The Hall–Kier alpha value is -7.37. The predicted molar refractivity (Wildman–Crippen MR) is 230 cm³/mol. The van der Waals surface area contributed by atoms with Crippen LogP contribution in [-0.4, -0.2) is 19.5 Å². The van der Waals surface area contributed by atoms with E-state index in [1.54, 1.807) is 0 Å². The first-order valence-corrected chi connectivity index (χ1v) is 19.1. The van der Waals surface area contributed by atoms with Crippen molar-refractivity contribution in [3.05, 3.63) is 188 Å². The lowest BCUT2D eigenvalue weighted by Crippen LogP contribution is -2.04. The summed E-state index contributed by atoms with van der Waals surface area (Å²) in [5.41, 5.74) is 12.6. The smallest absolute Gasteiger partial charge is 0.164 e. The number of fused-ring (bicyclic) bond motifs is 6. The normalized spacial score (nSPS) is 12.9. The molecule has 0 unspecified atom stereocenters. The summed E-state index contributed by atoms with van der Waals surface area (Å²) in [6, 6.07) is 57.5. The highest BCUT2D eigenvalue weighted by atomic mass is 16.3. The minimum absolute atomic E-state index is 0.647. The Labute approximate surface area is 323 Å². The number of benzene rings is 7. The second kappa shape index (κ2) is 13.2. The third-order valence-corrected chi connectivity index (χ3v) is 10.9. The molecule has 0 spiro atoms. The van der Waals surface area contributed by atoms with E-state index in [0.717, 1.165) is 79.4 Å². The van der Waals surface area contributed by atoms with Crippen LogP contribution in [0.2, 0.25) is 0 Å². The summed E-state index contributed by atoms with van der Waals surface area (Å²) in [4.78, 5) is 15.2. The van der Waals surface area contributed by atoms with Crippen LogP contribution in [0.3, 0.4) is 0 Å². The van der Waals surface area contributed by atoms with Gasteiger partial charge in [0.05, 0.1) is 11.0 Å². The molecule has 56 heavy (non-hydrogen) atoms. The van der Waals surface area contributed by atoms with E-state index in [4.69, 9.17) is 19.4 Å². The van der Waals surface area contributed by atoms with Gasteiger partial charge in [0.1, 0.15) is 11.2 Å². The average Bonchev–Trinajstić information content (AvgIpc) is 3.82. The molecule has 11 rings (SSSR count). The van der Waals surface area contributed by atoms with Crippen molar-refractivity contribution in [2.75, 3.05) is 0 Å². The zero-order valence-corrected chi connectivity index (χ0v) is 30.4. The Morgan fingerprint density at radius 3 is 1.98 bits per heavy atom. The Balaban J connectivity index is 1.08. The predicted octanol–water partition coefficient (Wildman–Crippen LogP) is 13.3. The highest BCUT2D eigenvalue weighted by Crippen LogP contribution is 2.42. The minimum atomic E-state index is 0.647. The molecule has 1 aliphatic rings. The van der Waals surface area contributed by atoms with E-state index in [-0.39, 0.29) is 0 Å². The van der Waals surface area contributed by atoms with Gasteiger partial charge in [-0.3, -0.25) is 0 Å². The molecule has 0 amide bonds. The van der Waals surface area contributed by atoms with E-state index in [0.29, 0.717) is 17.5 Å². The van der Waals surface area contributed by atoms with Gasteiger partial charge in [-0.1, -0.05) is 133 Å². The Bertz CT molecular complexity index is 3190. The molecule has 1 aliphatic carbocycles. The summed E-state index contributed by atoms with van der Waals surface area (Å²) in [6.07, 6.45) is 8.26. The Morgan fingerprint density at radius 1 is 0.464 bits per heavy atom. The first-order valence-electron chi connectivity index (χ1n) is 19.1. The van der Waals surface area contributed by atoms with Crippen LogP contribution in [0.4, 0.5) is 0 Å². The fourth-order valence-electron chi connectivity index (χ4n) is 8.30. The Kier molecular flexibility index (Phi) is 7.56. The van der Waals surface area contributed by atoms with Gasteiger partial charge < -0.3 is 8.98 Å². The molecule has 0 saturated carbocycles. The van der Waals surface area contributed by atoms with Gasteiger partial charge >= 0.3 is 0 Å². The van der Waals surface area contributed by atoms with E-state index in [1.807, 2.05) is 18.2 Å². The maximum absolute atomic E-state index is 6.55. The molecule has 5 heteroatoms. The van der Waals surface area contributed by atoms with Crippen molar-refractivity contribution in [3.63, 3.8) is 0 Å². The molecule has 0 fully saturated rings. The van der Waals surface area contributed by atoms with Crippen molar-refractivity contribution in [1.29, 1.82) is 0 Å². The van der Waals surface area contributed by atoms with Crippen LogP contribution in [0.25, 0.3) is 100 Å². The highest BCUT2D eigenvalue weighted by Gasteiger charge is 2.20. The summed E-state index contributed by atoms with van der Waals surface area (Å²) >= 11 is 0. The van der Waals surface area contributed by atoms with Crippen LogP contribution >= 0.6 is 0 Å². The number of aromatic nitrogens is 4. The van der Waals surface area contributed by atoms with E-state index < -0.39 is 0 Å². The molecular weight excluding hydrogens is 685 g/mol. The monoisotopic (exact) mass is 718 g/mol. The van der Waals surface area contributed by atoms with Crippen molar-refractivity contribution < 1.29 is 4.42 Å². The molecule has 0 atom stereocenters. The summed E-state index contributed by atoms with van der Waals surface area (Å²) in [5, 5.41) is 4.59. The van der Waals surface area contributed by atoms with Crippen LogP contribution in [-0.2, 0) is 0 Å². The largest absolute Gasteiger partial charge is 0.456 e. The molecule has 264 valence electrons. The van der Waals surface area contributed by atoms with Crippen molar-refractivity contribution in [1.82, 2.24) is 19.5 Å². The summed E-state index contributed by atoms with van der Waals surface area (Å²) < 4.78 is 8.90. The van der Waals surface area contributed by atoms with E-state index >= 15 is 0 Å². The quantitative estimate of drug-likeness (QED) is 0.172. The lowest BCUT2D eigenvalue weighted by Gasteiger charge is -2.14. The molecule has 5 nitrogen and oxygen atoms in total. The van der Waals surface area contributed by atoms with Crippen LogP contribution < -0.4 is 0 Å². The molecular formula is C51H34N4O. The van der Waals surface area contributed by atoms with Gasteiger partial charge in [0.2, 0.25) is 0 Å². The number of rotatable bonds is 6. The van der Waals surface area contributed by atoms with Crippen molar-refractivity contribution in [3.8, 4) is 50.7 Å². The first-order chi connectivity index (χ1) is 27.8. The van der Waals surface area contributed by atoms with E-state index in [9.17, 15) is 0 Å². The SMILES string of the molecule is C1=CCCC(c2nc(-c3ccccc3)nc(-c3ccccc3-c3cccc4oc5ccc(-c6ccc7c(c6)c6ccccc6n7-c6ccccc6)cc5c34)n2)=C1. The summed E-state index contributed by atoms with van der Waals surface area (Å²) in [5.74, 6) is 2.03. The highest BCUT2D eigenvalue weighted by molar-refractivity contribution is 6.15. The maximum atomic E-state index is 6.55. The lowest BCUT2D eigenvalue weighted by atomic mass is 9.94. The van der Waals surface area contributed by atoms with Gasteiger partial charge in [-0.2, -0.15) is 0 Å². The fourth-order valence-corrected chi connectivity index (χ4v) is 8.30. The van der Waals surface area contributed by atoms with Crippen LogP contribution in [0.1, 0.15) is 18.7 Å². The fraction of sp³-hybridized carbons (Fsp3) is 0.0392. The number of allylic oxidation sites excluding steroid dienone is 4. The molecule has 3 aromatic heterocycles. The van der Waals surface area contributed by atoms with Crippen molar-refractivity contribution >= 4 is 49.3 Å². The van der Waals surface area contributed by atoms with E-state index in [1.165, 1.54) is 21.8 Å². The van der Waals surface area contributed by atoms with Crippen LogP contribution in [0.15, 0.2) is 186 Å². The number of hydrogen-bond acceptors (Lipinski definition) is 4. The second-order valence-corrected chi connectivity index (χ2v) is 14.3. The van der Waals surface area contributed by atoms with Gasteiger partial charge in [0.25, 0.3) is 0 Å². The molecule has 10 aromatic rings. The molecule has 3 heterocycles. The maximum Gasteiger partial charge on any atom is 0.164 e. The molecule has 0 radical (unpaired) electrons. The van der Waals surface area contributed by atoms with E-state index in [2.05, 4.69) is 168 Å². The first kappa shape index (κ1) is 32.1. The molecule has 0 saturated heterocycles. The molecule has 0 N–H and O–H groups in total. The lowest BCUT2D eigenvalue weighted by molar-refractivity contribution is 0.669. The molecule has 7 aromatic carbocycles. The zero-order chi connectivity index (χ0) is 37.0. The third-order valence-electron chi connectivity index (χ3n) is 10.9. The van der Waals surface area contributed by atoms with Gasteiger partial charge in [-0.05, 0) is 89.2 Å². The number of nitrogens with zero attached hydrogens (tertiary/aromatic N) is 4. The standard InChI is InChI=1S/C51H34N4O/c1-4-15-33(16-5-1)49-52-50(34-17-6-2-7-18-34)54-51(53-49)41-23-11-10-21-38(41)40-24-14-26-47-48(40)43-32-36(28-30-46(43)56-47)35-27-29-45-42(31-35)39-22-12-13-25-44(39)55(45)37-19-8-3-9-20-37/h1-6,8-17,19-32H,7,18H2. The summed E-state index contributed by atoms with van der Waals surface area (Å²) in [7, 11) is 0. The number of para-hydroxylation sites is 2. The van der Waals surface area contributed by atoms with Gasteiger partial charge in [-0.25, -0.2) is 15.0 Å². The zero-order valence-electron chi connectivity index (χ0n) is 30.4. The summed E-state index contributed by atoms with van der Waals surface area (Å²) in [6.45, 7) is 0. The number of hydrogen-bond donors (Lipinski definition) is 0. The van der Waals surface area contributed by atoms with Crippen molar-refractivity contribution in [2.24, 2.45) is 0 Å². The van der Waals surface area contributed by atoms with Crippen LogP contribution in [0.5, 0.6) is 0 Å². The topological polar surface area (TPSA) is 56.7 Å². The molecule has 0 bridgehead atoms. The average molecular weight is 719 g/mol. The third kappa shape index (κ3) is 5.36. The molecule has 0 aliphatic heterocycles. The van der Waals surface area contributed by atoms with Gasteiger partial charge in [-0.15, -0.1) is 0 Å². The van der Waals surface area contributed by atoms with Gasteiger partial charge in [0, 0.05) is 38.4 Å². The second-order valence-electron chi connectivity index (χ2n) is 14.3. The number of furan rings is 1. The van der Waals surface area contributed by atoms with Gasteiger partial charge in [0.15, 0.2) is 17.5 Å². The Morgan fingerprint density at radius 2 is 1.14 bits per heavy atom.